The molecule has 1 atom stereocenters. The summed E-state index contributed by atoms with van der Waals surface area (Å²) in [6.45, 7) is 5.04. The second-order valence-corrected chi connectivity index (χ2v) is 5.89. The Labute approximate surface area is 124 Å². The Bertz CT molecular complexity index is 819. The summed E-state index contributed by atoms with van der Waals surface area (Å²) in [6, 6.07) is 13.0. The first-order chi connectivity index (χ1) is 10.2. The van der Waals surface area contributed by atoms with Crippen molar-refractivity contribution in [1.29, 1.82) is 0 Å². The van der Waals surface area contributed by atoms with E-state index in [1.54, 1.807) is 0 Å². The summed E-state index contributed by atoms with van der Waals surface area (Å²) in [6.07, 6.45) is 0.932. The summed E-state index contributed by atoms with van der Waals surface area (Å²) in [5, 5.41) is 3.53. The summed E-state index contributed by atoms with van der Waals surface area (Å²) in [5.41, 5.74) is 7.01. The van der Waals surface area contributed by atoms with Gasteiger partial charge in [-0.25, -0.2) is 4.98 Å². The van der Waals surface area contributed by atoms with Gasteiger partial charge in [0.25, 0.3) is 0 Å². The molecular formula is C18H18N2O. The molecule has 0 spiro atoms. The molecule has 0 aliphatic carbocycles. The average molecular weight is 278 g/mol. The molecule has 1 unspecified atom stereocenters. The Morgan fingerprint density at radius 1 is 1.14 bits per heavy atom. The maximum atomic E-state index is 6.03. The molecule has 106 valence electrons. The lowest BCUT2D eigenvalue weighted by Gasteiger charge is -2.23. The number of aromatic nitrogens is 1. The predicted molar refractivity (Wildman–Crippen MR) is 83.2 cm³/mol. The van der Waals surface area contributed by atoms with Gasteiger partial charge in [0.15, 0.2) is 5.58 Å². The minimum Gasteiger partial charge on any atom is -0.439 e. The molecule has 1 aromatic heterocycles. The summed E-state index contributed by atoms with van der Waals surface area (Å²) in [5.74, 6) is 0.799. The molecular weight excluding hydrogens is 260 g/mol. The van der Waals surface area contributed by atoms with E-state index in [1.165, 1.54) is 16.7 Å². The normalized spacial score (nSPS) is 17.9. The van der Waals surface area contributed by atoms with E-state index in [2.05, 4.69) is 55.6 Å². The fourth-order valence-corrected chi connectivity index (χ4v) is 3.17. The lowest BCUT2D eigenvalue weighted by molar-refractivity contribution is 0.395. The van der Waals surface area contributed by atoms with Crippen LogP contribution in [0.15, 0.2) is 40.8 Å². The van der Waals surface area contributed by atoms with Crippen molar-refractivity contribution >= 4 is 11.1 Å². The first-order valence-corrected chi connectivity index (χ1v) is 7.38. The minimum absolute atomic E-state index is 0.159. The second kappa shape index (κ2) is 4.71. The zero-order chi connectivity index (χ0) is 14.4. The van der Waals surface area contributed by atoms with E-state index in [9.17, 15) is 0 Å². The fourth-order valence-electron chi connectivity index (χ4n) is 3.17. The first-order valence-electron chi connectivity index (χ1n) is 7.38. The zero-order valence-corrected chi connectivity index (χ0v) is 12.3. The maximum absolute atomic E-state index is 6.03. The van der Waals surface area contributed by atoms with Gasteiger partial charge in [-0.3, -0.25) is 0 Å². The molecule has 2 heterocycles. The molecule has 0 saturated carbocycles. The van der Waals surface area contributed by atoms with Crippen LogP contribution in [0.2, 0.25) is 0 Å². The van der Waals surface area contributed by atoms with Crippen molar-refractivity contribution in [3.8, 4) is 0 Å². The van der Waals surface area contributed by atoms with Crippen molar-refractivity contribution in [1.82, 2.24) is 10.3 Å². The topological polar surface area (TPSA) is 38.1 Å². The third-order valence-electron chi connectivity index (χ3n) is 4.22. The summed E-state index contributed by atoms with van der Waals surface area (Å²) >= 11 is 0. The van der Waals surface area contributed by atoms with Gasteiger partial charge in [0.1, 0.15) is 5.52 Å². The van der Waals surface area contributed by atoms with Crippen LogP contribution in [0.4, 0.5) is 0 Å². The third kappa shape index (κ3) is 2.14. The van der Waals surface area contributed by atoms with E-state index < -0.39 is 0 Å². The van der Waals surface area contributed by atoms with Gasteiger partial charge in [0, 0.05) is 6.54 Å². The van der Waals surface area contributed by atoms with Crippen LogP contribution < -0.4 is 5.32 Å². The molecule has 3 nitrogen and oxygen atoms in total. The van der Waals surface area contributed by atoms with Gasteiger partial charge >= 0.3 is 0 Å². The SMILES string of the molecule is Cc1cc(C)c2oc(C3Cc4ccccc4CN3)nc2c1. The average Bonchev–Trinajstić information content (AvgIpc) is 2.91. The van der Waals surface area contributed by atoms with Gasteiger partial charge in [-0.1, -0.05) is 30.3 Å². The van der Waals surface area contributed by atoms with Gasteiger partial charge in [-0.05, 0) is 48.6 Å². The first kappa shape index (κ1) is 12.6. The number of benzene rings is 2. The quantitative estimate of drug-likeness (QED) is 0.735. The van der Waals surface area contributed by atoms with E-state index in [0.717, 1.165) is 35.5 Å². The molecule has 2 aromatic carbocycles. The van der Waals surface area contributed by atoms with Crippen LogP contribution in [-0.2, 0) is 13.0 Å². The molecule has 3 heteroatoms. The monoisotopic (exact) mass is 278 g/mol. The second-order valence-electron chi connectivity index (χ2n) is 5.89. The number of fused-ring (bicyclic) bond motifs is 2. The lowest BCUT2D eigenvalue weighted by Crippen LogP contribution is -2.28. The number of nitrogens with zero attached hydrogens (tertiary/aromatic N) is 1. The van der Waals surface area contributed by atoms with Crippen LogP contribution in [0.5, 0.6) is 0 Å². The van der Waals surface area contributed by atoms with Gasteiger partial charge in [-0.15, -0.1) is 0 Å². The number of rotatable bonds is 1. The van der Waals surface area contributed by atoms with Crippen molar-refractivity contribution in [2.45, 2.75) is 32.9 Å². The maximum Gasteiger partial charge on any atom is 0.213 e. The summed E-state index contributed by atoms with van der Waals surface area (Å²) in [7, 11) is 0. The van der Waals surface area contributed by atoms with Crippen LogP contribution in [0.3, 0.4) is 0 Å². The lowest BCUT2D eigenvalue weighted by atomic mass is 9.96. The minimum atomic E-state index is 0.159. The molecule has 3 aromatic rings. The van der Waals surface area contributed by atoms with Crippen molar-refractivity contribution in [2.24, 2.45) is 0 Å². The van der Waals surface area contributed by atoms with Gasteiger partial charge in [-0.2, -0.15) is 0 Å². The van der Waals surface area contributed by atoms with Crippen molar-refractivity contribution in [3.05, 3.63) is 64.5 Å². The van der Waals surface area contributed by atoms with Crippen molar-refractivity contribution in [3.63, 3.8) is 0 Å². The van der Waals surface area contributed by atoms with E-state index in [4.69, 9.17) is 9.40 Å². The highest BCUT2D eigenvalue weighted by Gasteiger charge is 2.23. The van der Waals surface area contributed by atoms with E-state index in [-0.39, 0.29) is 6.04 Å². The standard InChI is InChI=1S/C18H18N2O/c1-11-7-12(2)17-15(8-11)20-18(21-17)16-9-13-5-3-4-6-14(13)10-19-16/h3-8,16,19H,9-10H2,1-2H3. The molecule has 1 N–H and O–H groups in total. The number of aryl methyl sites for hydroxylation is 2. The van der Waals surface area contributed by atoms with Gasteiger partial charge in [0.05, 0.1) is 6.04 Å². The zero-order valence-electron chi connectivity index (χ0n) is 12.3. The van der Waals surface area contributed by atoms with Crippen LogP contribution in [-0.4, -0.2) is 4.98 Å². The van der Waals surface area contributed by atoms with Crippen LogP contribution in [0.1, 0.15) is 34.2 Å². The fraction of sp³-hybridized carbons (Fsp3) is 0.278. The van der Waals surface area contributed by atoms with Crippen LogP contribution >= 0.6 is 0 Å². The van der Waals surface area contributed by atoms with Crippen molar-refractivity contribution in [2.75, 3.05) is 0 Å². The smallest absolute Gasteiger partial charge is 0.213 e. The molecule has 0 bridgehead atoms. The van der Waals surface area contributed by atoms with Gasteiger partial charge in [0.2, 0.25) is 5.89 Å². The number of hydrogen-bond donors (Lipinski definition) is 1. The molecule has 1 aliphatic heterocycles. The number of nitrogens with one attached hydrogen (secondary N) is 1. The van der Waals surface area contributed by atoms with Crippen LogP contribution in [0, 0.1) is 13.8 Å². The summed E-state index contributed by atoms with van der Waals surface area (Å²) < 4.78 is 6.03. The molecule has 4 rings (SSSR count). The summed E-state index contributed by atoms with van der Waals surface area (Å²) in [4.78, 5) is 4.70. The van der Waals surface area contributed by atoms with E-state index in [0.29, 0.717) is 0 Å². The largest absolute Gasteiger partial charge is 0.439 e. The Balaban J connectivity index is 1.73. The Morgan fingerprint density at radius 2 is 1.95 bits per heavy atom. The Morgan fingerprint density at radius 3 is 2.81 bits per heavy atom. The van der Waals surface area contributed by atoms with E-state index >= 15 is 0 Å². The molecule has 0 radical (unpaired) electrons. The Kier molecular flexibility index (Phi) is 2.82. The highest BCUT2D eigenvalue weighted by atomic mass is 16.3. The number of hydrogen-bond acceptors (Lipinski definition) is 3. The molecule has 0 amide bonds. The van der Waals surface area contributed by atoms with E-state index in [1.807, 2.05) is 0 Å². The van der Waals surface area contributed by atoms with Gasteiger partial charge < -0.3 is 9.73 Å². The van der Waals surface area contributed by atoms with Crippen molar-refractivity contribution < 1.29 is 4.42 Å². The highest BCUT2D eigenvalue weighted by molar-refractivity contribution is 5.77. The highest BCUT2D eigenvalue weighted by Crippen LogP contribution is 2.29. The molecule has 21 heavy (non-hydrogen) atoms. The number of oxazole rings is 1. The Hall–Kier alpha value is -2.13. The predicted octanol–water partition coefficient (Wildman–Crippen LogP) is 3.83. The molecule has 0 fully saturated rings. The van der Waals surface area contributed by atoms with Crippen LogP contribution in [0.25, 0.3) is 11.1 Å². The third-order valence-corrected chi connectivity index (χ3v) is 4.22. The molecule has 0 saturated heterocycles. The molecule has 1 aliphatic rings.